The largest absolute Gasteiger partial charge is 1.00 e. The van der Waals surface area contributed by atoms with Gasteiger partial charge in [-0.2, -0.15) is 0 Å². The van der Waals surface area contributed by atoms with Crippen LogP contribution in [-0.4, -0.2) is 338 Å². The van der Waals surface area contributed by atoms with Crippen LogP contribution in [0, 0.1) is 92.7 Å². The number of carbonyl (C=O) groups excluding carboxylic acids is 4. The van der Waals surface area contributed by atoms with Crippen molar-refractivity contribution in [3.63, 3.8) is 0 Å². The fraction of sp³-hybridized carbons (Fsp3) is 0.957. The number of carboxylic acid groups (broad SMARTS) is 1. The summed E-state index contributed by atoms with van der Waals surface area (Å²) in [5.41, 5.74) is -6.72. The summed E-state index contributed by atoms with van der Waals surface area (Å²) in [5.74, 6) is -2.93. The van der Waals surface area contributed by atoms with E-state index in [1.807, 2.05) is 6.92 Å². The molecule has 146 heavy (non-hydrogen) atoms. The van der Waals surface area contributed by atoms with E-state index in [1.165, 1.54) is 14.0 Å². The summed E-state index contributed by atoms with van der Waals surface area (Å²) in [5, 5.41) is 167. The third kappa shape index (κ3) is 23.6. The van der Waals surface area contributed by atoms with Crippen LogP contribution in [0.3, 0.4) is 0 Å². The summed E-state index contributed by atoms with van der Waals surface area (Å²) in [6, 6.07) is 0. The van der Waals surface area contributed by atoms with Gasteiger partial charge in [0.1, 0.15) is 111 Å². The molecule has 8 saturated carbocycles. The van der Waals surface area contributed by atoms with E-state index in [4.69, 9.17) is 92.5 Å². The van der Waals surface area contributed by atoms with Crippen molar-refractivity contribution in [3.05, 3.63) is 0 Å². The molecule has 0 amide bonds. The number of aliphatic hydroxyl groups is 9. The van der Waals surface area contributed by atoms with Crippen molar-refractivity contribution in [2.24, 2.45) is 92.7 Å². The zero-order valence-electron chi connectivity index (χ0n) is 85.6. The van der Waals surface area contributed by atoms with E-state index in [0.717, 1.165) is 105 Å². The number of ether oxygens (including phenoxy) is 16. The monoisotopic (exact) mass is 2180 g/mol. The first-order valence-corrected chi connectivity index (χ1v) is 55.0. The van der Waals surface area contributed by atoms with Crippen molar-refractivity contribution in [2.75, 3.05) is 74.5 Å². The van der Waals surface area contributed by atoms with Crippen molar-refractivity contribution in [2.45, 2.75) is 400 Å². The van der Waals surface area contributed by atoms with Gasteiger partial charge in [-0.3, -0.25) is 45.3 Å². The van der Waals surface area contributed by atoms with Gasteiger partial charge in [-0.25, -0.2) is 9.00 Å². The van der Waals surface area contributed by atoms with Gasteiger partial charge >= 0.3 is 47.5 Å². The molecule has 15 fully saturated rings. The second-order valence-electron chi connectivity index (χ2n) is 43.9. The Bertz CT molecular complexity index is 4250. The molecule has 2 bridgehead atoms. The molecule has 52 heteroatoms. The molecule has 0 aromatic rings. The molecular weight excluding hydrogens is 2030 g/mol. The molecule has 9 N–H and O–H groups in total. The van der Waals surface area contributed by atoms with E-state index in [2.05, 4.69) is 62.7 Å². The van der Waals surface area contributed by atoms with E-state index < -0.39 is 246 Å². The maximum atomic E-state index is 14.9. The molecule has 0 aromatic heterocycles. The van der Waals surface area contributed by atoms with Crippen molar-refractivity contribution in [3.8, 4) is 0 Å². The molecule has 0 aromatic carbocycles. The Morgan fingerprint density at radius 2 is 0.959 bits per heavy atom. The Morgan fingerprint density at radius 1 is 0.479 bits per heavy atom. The molecule has 7 saturated heterocycles. The molecule has 15 rings (SSSR count). The first kappa shape index (κ1) is 122. The van der Waals surface area contributed by atoms with Crippen LogP contribution in [0.5, 0.6) is 0 Å². The van der Waals surface area contributed by atoms with Crippen molar-refractivity contribution >= 4 is 70.9 Å². The van der Waals surface area contributed by atoms with Crippen molar-refractivity contribution in [1.82, 2.24) is 0 Å². The van der Waals surface area contributed by atoms with Crippen molar-refractivity contribution in [1.29, 1.82) is 0 Å². The Balaban J connectivity index is 0.0000178. The van der Waals surface area contributed by atoms with Gasteiger partial charge in [-0.15, -0.1) is 13.0 Å². The minimum Gasteiger partial charge on any atom is -0.738 e. The summed E-state index contributed by atoms with van der Waals surface area (Å²) in [4.78, 5) is 58.6. The van der Waals surface area contributed by atoms with Crippen LogP contribution in [0.1, 0.15) is 223 Å². The number of hydrogen-bond acceptors (Lipinski definition) is 49. The van der Waals surface area contributed by atoms with Crippen LogP contribution >= 0.6 is 37.0 Å². The maximum absolute atomic E-state index is 14.9. The number of carboxylic acids is 1. The van der Waals surface area contributed by atoms with Crippen LogP contribution in [0.2, 0.25) is 0 Å². The molecule has 0 spiro atoms. The second kappa shape index (κ2) is 50.8. The minimum atomic E-state index is -6.74. The van der Waals surface area contributed by atoms with Crippen LogP contribution in [0.4, 0.5) is 0 Å². The first-order chi connectivity index (χ1) is 68.9. The number of carbonyl (C=O) groups is 4. The predicted octanol–water partition coefficient (Wildman–Crippen LogP) is -1.50. The van der Waals surface area contributed by atoms with Gasteiger partial charge in [0.05, 0.1) is 70.3 Å². The molecule has 0 radical (unpaired) electrons. The number of fused-ring (bicyclic) bond motifs is 13. The number of aliphatic hydroxyl groups excluding tert-OH is 9. The smallest absolute Gasteiger partial charge is 0.738 e. The SMILES string of the molecule is CCC[N+](CCC)(CCC)S(=O)([O-])([O-])OCC1O[C@@H](O[C@@H]2[C@H](OC)C(O)[C@H](O[C@H]3C(COC(=O)CC[C@@H](C)[C@H]4CC[C@H]5[C@@H]6CC[C@@H]7C[C@H](O)CC[C@]7(C)[C@H]6C[C@H](O)[C@]45C)O[C@@H](O[C@@H]4C(OC)[C@H]5OCC4(C(=O)[O-])O[C@@H]5O[C@H]4C(COC(=O)CC[C@@H](C)[C@H]5CC[C@H]6[C@@H]7CC[C@@H]8C[C@H](O)CC[C@]8(C)[C@H]7C[C@H](O)[C@]56C)O[C@@H](OC)C(OSOO[O-])[C@H]4O)C(OSOO[O-])[C@H]3OSOO[O-])OC2(CC)C(=O)OC)C(O)[C@@H](O)[C@H]1O.[Na+]. The van der Waals surface area contributed by atoms with Gasteiger partial charge in [-0.05, 0) is 234 Å². The van der Waals surface area contributed by atoms with E-state index in [1.54, 1.807) is 20.8 Å². The Kier molecular flexibility index (Phi) is 42.3. The number of methoxy groups -OCH3 is 4. The predicted molar refractivity (Wildman–Crippen MR) is 486 cm³/mol. The zero-order valence-corrected chi connectivity index (χ0v) is 90.9. The normalized spacial score (nSPS) is 44.9. The number of quaternary nitrogens is 1. The summed E-state index contributed by atoms with van der Waals surface area (Å²) in [6.45, 7) is 15.0. The number of rotatable bonds is 48. The van der Waals surface area contributed by atoms with Crippen LogP contribution < -0.4 is 50.4 Å². The van der Waals surface area contributed by atoms with Gasteiger partial charge in [0.25, 0.3) is 0 Å². The van der Waals surface area contributed by atoms with E-state index in [9.17, 15) is 99.3 Å². The Morgan fingerprint density at radius 3 is 1.44 bits per heavy atom. The Hall–Kier alpha value is -1.44. The standard InChI is InChI=1S/C94H157NO46S4.Na/c1-15-35-95(36-16-2,37-17-3)145(113,114,115)123-44-60-67(102)68(103)69(104)82(124-60)129-80-74(116-11)71(106)83(131-93(80,18-4)88(109)119-14)128-73-62(43-121-66(101)30-20-47(6)55-26-28-57-53-24-22-49-39-51(97)32-34-90(49,8)59(53)41-64(99)92(55,57)10)126-85(79(135-144-141-138-112)76(73)134-143-140-137-111)130-81-77(117-12)78-86(132-94(81,45-122-78)87(107)108)127-72-61(125-84(118-13)75(70(72)105)133-142-139-136-110)42-120-65(100)29-19-46(5)54-25-27-56-52-23-21-48-38-50(96)31-33-89(48,7)58(52)40-63(98)91(54,56)9;/h46-64,67-86,96-99,102-106H,15-45H2,1-14H3,(H5-,107,108,110,111,112,113,114,115);/q;+1/p-5/t46-,47-,48-,49-,50-,51-,52+,53+,54-,55-,56+,57+,58+,59+,60?,61?,62?,63+,64+,67+,68+,69?,70+,71?,72+,73+,74-,75?,76+,77?,78-,79?,80-,81-,82+,83-,84-,85+,86+,89+,90+,91-,92-,93?,94?;/m1./s1. The van der Waals surface area contributed by atoms with Crippen LogP contribution in [0.25, 0.3) is 0 Å². The minimum absolute atomic E-state index is 0. The molecule has 8 aliphatic carbocycles. The number of esters is 3. The quantitative estimate of drug-likeness (QED) is 0.00489. The van der Waals surface area contributed by atoms with Gasteiger partial charge in [0.2, 0.25) is 0 Å². The topological polar surface area (TPSA) is 646 Å². The van der Waals surface area contributed by atoms with E-state index >= 15 is 0 Å². The van der Waals surface area contributed by atoms with E-state index in [0.29, 0.717) is 55.3 Å². The second-order valence-corrected chi connectivity index (χ2v) is 47.7. The van der Waals surface area contributed by atoms with Gasteiger partial charge in [0.15, 0.2) is 91.8 Å². The third-order valence-corrected chi connectivity index (χ3v) is 40.6. The summed E-state index contributed by atoms with van der Waals surface area (Å²) >= 11 is -0.547. The molecular formula is C94H152NNaO46S4-4. The summed E-state index contributed by atoms with van der Waals surface area (Å²) in [6.07, 6.45) is -35.5. The Labute approximate surface area is 886 Å². The van der Waals surface area contributed by atoms with Gasteiger partial charge < -0.3 is 157 Å². The van der Waals surface area contributed by atoms with E-state index in [-0.39, 0.29) is 189 Å². The molecule has 15 aliphatic rings. The fourth-order valence-corrected chi connectivity index (χ4v) is 32.8. The summed E-state index contributed by atoms with van der Waals surface area (Å²) < 4.78 is 179. The molecule has 7 heterocycles. The number of hydrogen-bond donors (Lipinski definition) is 9. The third-order valence-electron chi connectivity index (χ3n) is 37.1. The average molecular weight is 2180 g/mol. The maximum Gasteiger partial charge on any atom is 1.00 e. The number of nitrogens with zero attached hydrogens (tertiary/aromatic N) is 1. The number of aliphatic carboxylic acids is 1. The first-order valence-electron chi connectivity index (χ1n) is 51.3. The molecule has 10 unspecified atom stereocenters. The molecule has 7 aliphatic heterocycles. The molecule has 47 nitrogen and oxygen atoms in total. The average Bonchev–Trinajstić information content (AvgIpc) is 1.59. The van der Waals surface area contributed by atoms with Gasteiger partial charge in [0, 0.05) is 44.3 Å². The molecule has 838 valence electrons. The fourth-order valence-electron chi connectivity index (χ4n) is 29.7. The van der Waals surface area contributed by atoms with Crippen LogP contribution in [-0.2, 0) is 150 Å². The molecule has 45 atom stereocenters. The van der Waals surface area contributed by atoms with Crippen LogP contribution in [0.15, 0.2) is 0 Å². The summed E-state index contributed by atoms with van der Waals surface area (Å²) in [7, 11) is -2.55. The van der Waals surface area contributed by atoms with Gasteiger partial charge in [-0.1, -0.05) is 69.2 Å². The zero-order chi connectivity index (χ0) is 105. The van der Waals surface area contributed by atoms with Crippen molar-refractivity contribution < 1.29 is 253 Å².